The van der Waals surface area contributed by atoms with Crippen LogP contribution in [0.2, 0.25) is 0 Å². The van der Waals surface area contributed by atoms with Gasteiger partial charge in [0.05, 0.1) is 19.8 Å². The maximum Gasteiger partial charge on any atom is 0.328 e. The molecule has 0 aliphatic carbocycles. The van der Waals surface area contributed by atoms with Crippen molar-refractivity contribution in [3.63, 3.8) is 0 Å². The van der Waals surface area contributed by atoms with Crippen molar-refractivity contribution in [3.8, 4) is 0 Å². The SMILES string of the molecule is NNC(=O)/C=C\C(=O)O.OCCN(CCO)CCO. The van der Waals surface area contributed by atoms with Crippen LogP contribution in [0, 0.1) is 0 Å². The van der Waals surface area contributed by atoms with Gasteiger partial charge in [0.15, 0.2) is 0 Å². The maximum atomic E-state index is 10.1. The maximum absolute atomic E-state index is 10.1. The molecule has 9 heteroatoms. The Morgan fingerprint density at radius 2 is 1.42 bits per heavy atom. The lowest BCUT2D eigenvalue weighted by Crippen LogP contribution is -2.32. The first-order valence-electron chi connectivity index (χ1n) is 5.48. The van der Waals surface area contributed by atoms with Crippen molar-refractivity contribution in [2.45, 2.75) is 0 Å². The van der Waals surface area contributed by atoms with Gasteiger partial charge in [-0.15, -0.1) is 0 Å². The Labute approximate surface area is 110 Å². The number of nitrogens with one attached hydrogen (secondary N) is 1. The Bertz CT molecular complexity index is 258. The summed E-state index contributed by atoms with van der Waals surface area (Å²) in [6.45, 7) is 1.75. The van der Waals surface area contributed by atoms with Gasteiger partial charge >= 0.3 is 5.97 Å². The summed E-state index contributed by atoms with van der Waals surface area (Å²) in [6, 6.07) is 0. The number of hydrogen-bond donors (Lipinski definition) is 6. The molecule has 9 nitrogen and oxygen atoms in total. The normalized spacial score (nSPS) is 10.2. The topological polar surface area (TPSA) is 156 Å². The van der Waals surface area contributed by atoms with E-state index >= 15 is 0 Å². The number of rotatable bonds is 8. The highest BCUT2D eigenvalue weighted by atomic mass is 16.4. The summed E-state index contributed by atoms with van der Waals surface area (Å²) in [5.74, 6) is 2.79. The van der Waals surface area contributed by atoms with E-state index in [9.17, 15) is 9.59 Å². The van der Waals surface area contributed by atoms with E-state index in [1.54, 1.807) is 10.3 Å². The van der Waals surface area contributed by atoms with Gasteiger partial charge in [-0.25, -0.2) is 10.6 Å². The fourth-order valence-electron chi connectivity index (χ4n) is 0.955. The zero-order valence-electron chi connectivity index (χ0n) is 10.5. The molecular formula is C10H21N3O6. The molecule has 0 spiro atoms. The number of aliphatic hydroxyl groups excluding tert-OH is 3. The van der Waals surface area contributed by atoms with Crippen LogP contribution in [0.25, 0.3) is 0 Å². The van der Waals surface area contributed by atoms with E-state index in [1.807, 2.05) is 0 Å². The molecule has 0 aromatic carbocycles. The van der Waals surface area contributed by atoms with Crippen molar-refractivity contribution in [2.75, 3.05) is 39.5 Å². The van der Waals surface area contributed by atoms with Crippen molar-refractivity contribution in [3.05, 3.63) is 12.2 Å². The molecule has 0 aromatic heterocycles. The fraction of sp³-hybridized carbons (Fsp3) is 0.600. The highest BCUT2D eigenvalue weighted by molar-refractivity contribution is 5.93. The van der Waals surface area contributed by atoms with Gasteiger partial charge < -0.3 is 20.4 Å². The van der Waals surface area contributed by atoms with Gasteiger partial charge in [-0.05, 0) is 0 Å². The third-order valence-electron chi connectivity index (χ3n) is 1.77. The number of aliphatic hydroxyl groups is 3. The monoisotopic (exact) mass is 279 g/mol. The van der Waals surface area contributed by atoms with Crippen LogP contribution in [-0.4, -0.2) is 76.7 Å². The van der Waals surface area contributed by atoms with Crippen molar-refractivity contribution in [1.29, 1.82) is 0 Å². The summed E-state index contributed by atoms with van der Waals surface area (Å²) in [5.41, 5.74) is 1.73. The Morgan fingerprint density at radius 1 is 1.00 bits per heavy atom. The van der Waals surface area contributed by atoms with Crippen LogP contribution in [0.4, 0.5) is 0 Å². The average molecular weight is 279 g/mol. The molecule has 7 N–H and O–H groups in total. The summed E-state index contributed by atoms with van der Waals surface area (Å²) >= 11 is 0. The molecule has 0 aliphatic rings. The Kier molecular flexibility index (Phi) is 15.2. The van der Waals surface area contributed by atoms with E-state index in [4.69, 9.17) is 20.4 Å². The first-order valence-corrected chi connectivity index (χ1v) is 5.48. The minimum atomic E-state index is -1.18. The molecule has 0 radical (unpaired) electrons. The van der Waals surface area contributed by atoms with Crippen LogP contribution >= 0.6 is 0 Å². The number of carbonyl (C=O) groups is 2. The number of amides is 1. The third kappa shape index (κ3) is 16.5. The Balaban J connectivity index is 0. The molecule has 0 aliphatic heterocycles. The number of hydrogen-bond acceptors (Lipinski definition) is 7. The summed E-state index contributed by atoms with van der Waals surface area (Å²) in [4.78, 5) is 21.6. The van der Waals surface area contributed by atoms with Gasteiger partial charge in [0.2, 0.25) is 0 Å². The first-order chi connectivity index (χ1) is 9.01. The molecule has 0 unspecified atom stereocenters. The molecule has 0 fully saturated rings. The number of nitrogens with two attached hydrogens (primary N) is 1. The van der Waals surface area contributed by atoms with Crippen molar-refractivity contribution in [1.82, 2.24) is 10.3 Å². The molecule has 0 rings (SSSR count). The predicted molar refractivity (Wildman–Crippen MR) is 66.8 cm³/mol. The van der Waals surface area contributed by atoms with Gasteiger partial charge in [0, 0.05) is 31.8 Å². The van der Waals surface area contributed by atoms with E-state index < -0.39 is 11.9 Å². The molecule has 0 bridgehead atoms. The van der Waals surface area contributed by atoms with Crippen LogP contribution in [0.5, 0.6) is 0 Å². The summed E-state index contributed by atoms with van der Waals surface area (Å²) in [5, 5.41) is 33.4. The van der Waals surface area contributed by atoms with Crippen LogP contribution < -0.4 is 11.3 Å². The lowest BCUT2D eigenvalue weighted by atomic mass is 10.4. The highest BCUT2D eigenvalue weighted by Crippen LogP contribution is 1.84. The number of carboxylic acids is 1. The number of nitrogens with zero attached hydrogens (tertiary/aromatic N) is 1. The van der Waals surface area contributed by atoms with Crippen LogP contribution in [-0.2, 0) is 9.59 Å². The van der Waals surface area contributed by atoms with Gasteiger partial charge in [-0.2, -0.15) is 0 Å². The smallest absolute Gasteiger partial charge is 0.328 e. The molecule has 0 saturated carbocycles. The van der Waals surface area contributed by atoms with Crippen molar-refractivity contribution >= 4 is 11.9 Å². The van der Waals surface area contributed by atoms with Crippen LogP contribution in [0.15, 0.2) is 12.2 Å². The van der Waals surface area contributed by atoms with Gasteiger partial charge in [0.1, 0.15) is 0 Å². The standard InChI is InChI=1S/C6H15NO3.C4H6N2O3/c8-4-1-7(2-5-9)3-6-10;5-6-3(7)1-2-4(8)9/h8-10H,1-6H2;1-2H,5H2,(H,6,7)(H,8,9)/b;2-1-. The molecular weight excluding hydrogens is 258 g/mol. The molecule has 0 heterocycles. The molecule has 112 valence electrons. The third-order valence-corrected chi connectivity index (χ3v) is 1.77. The van der Waals surface area contributed by atoms with E-state index in [-0.39, 0.29) is 19.8 Å². The minimum absolute atomic E-state index is 0.0694. The van der Waals surface area contributed by atoms with Gasteiger partial charge in [-0.3, -0.25) is 15.1 Å². The Morgan fingerprint density at radius 3 is 1.68 bits per heavy atom. The second-order valence-corrected chi connectivity index (χ2v) is 3.19. The van der Waals surface area contributed by atoms with E-state index in [0.717, 1.165) is 6.08 Å². The number of carbonyl (C=O) groups excluding carboxylic acids is 1. The molecule has 0 aromatic rings. The molecule has 19 heavy (non-hydrogen) atoms. The average Bonchev–Trinajstić information content (AvgIpc) is 2.37. The lowest BCUT2D eigenvalue weighted by molar-refractivity contribution is -0.131. The van der Waals surface area contributed by atoms with Crippen molar-refractivity contribution in [2.24, 2.45) is 5.84 Å². The zero-order valence-corrected chi connectivity index (χ0v) is 10.5. The van der Waals surface area contributed by atoms with Gasteiger partial charge in [-0.1, -0.05) is 0 Å². The minimum Gasteiger partial charge on any atom is -0.478 e. The van der Waals surface area contributed by atoms with Crippen LogP contribution in [0.3, 0.4) is 0 Å². The largest absolute Gasteiger partial charge is 0.478 e. The first kappa shape index (κ1) is 19.8. The summed E-state index contributed by atoms with van der Waals surface area (Å²) < 4.78 is 0. The Hall–Kier alpha value is -1.52. The second kappa shape index (κ2) is 14.5. The number of hydrazine groups is 1. The van der Waals surface area contributed by atoms with E-state index in [2.05, 4.69) is 5.84 Å². The fourth-order valence-corrected chi connectivity index (χ4v) is 0.955. The molecule has 0 atom stereocenters. The molecule has 0 saturated heterocycles. The van der Waals surface area contributed by atoms with E-state index in [0.29, 0.717) is 25.7 Å². The van der Waals surface area contributed by atoms with Gasteiger partial charge in [0.25, 0.3) is 5.91 Å². The summed E-state index contributed by atoms with van der Waals surface area (Å²) in [7, 11) is 0. The quantitative estimate of drug-likeness (QED) is 0.118. The number of carboxylic acid groups (broad SMARTS) is 1. The van der Waals surface area contributed by atoms with Crippen molar-refractivity contribution < 1.29 is 30.0 Å². The molecule has 1 amide bonds. The summed E-state index contributed by atoms with van der Waals surface area (Å²) in [6.07, 6.45) is 1.52. The predicted octanol–water partition coefficient (Wildman–Crippen LogP) is -3.12. The second-order valence-electron chi connectivity index (χ2n) is 3.19. The highest BCUT2D eigenvalue weighted by Gasteiger charge is 2.00. The number of aliphatic carboxylic acids is 1. The zero-order chi connectivity index (χ0) is 15.1. The van der Waals surface area contributed by atoms with E-state index in [1.165, 1.54) is 0 Å². The van der Waals surface area contributed by atoms with Crippen LogP contribution in [0.1, 0.15) is 0 Å². The lowest BCUT2D eigenvalue weighted by Gasteiger charge is -2.17.